The molecular formula is C19H23N. The Morgan fingerprint density at radius 1 is 1.10 bits per heavy atom. The van der Waals surface area contributed by atoms with Crippen molar-refractivity contribution in [1.29, 1.82) is 0 Å². The van der Waals surface area contributed by atoms with Gasteiger partial charge in [-0.25, -0.2) is 0 Å². The summed E-state index contributed by atoms with van der Waals surface area (Å²) < 4.78 is 0. The standard InChI is InChI=1S/C19H23N/c1-3-15-8-10-16(11-9-15)19(20)13-12-14(2)17-6-4-5-7-18(17)19/h4-11,14H,3,12-13,20H2,1-2H3. The first-order valence-corrected chi connectivity index (χ1v) is 7.63. The Morgan fingerprint density at radius 3 is 2.50 bits per heavy atom. The van der Waals surface area contributed by atoms with Crippen molar-refractivity contribution in [3.8, 4) is 0 Å². The van der Waals surface area contributed by atoms with Gasteiger partial charge in [0.05, 0.1) is 5.54 Å². The van der Waals surface area contributed by atoms with Crippen LogP contribution in [0.25, 0.3) is 0 Å². The second-order valence-electron chi connectivity index (χ2n) is 6.05. The van der Waals surface area contributed by atoms with Gasteiger partial charge in [0.2, 0.25) is 0 Å². The molecule has 1 aliphatic carbocycles. The average molecular weight is 265 g/mol. The van der Waals surface area contributed by atoms with E-state index in [0.29, 0.717) is 5.92 Å². The van der Waals surface area contributed by atoms with E-state index in [4.69, 9.17) is 5.73 Å². The lowest BCUT2D eigenvalue weighted by atomic mass is 9.70. The molecule has 1 aliphatic rings. The van der Waals surface area contributed by atoms with Gasteiger partial charge in [0.1, 0.15) is 0 Å². The van der Waals surface area contributed by atoms with Crippen molar-refractivity contribution >= 4 is 0 Å². The number of rotatable bonds is 2. The Labute approximate surface area is 121 Å². The SMILES string of the molecule is CCc1ccc(C2(N)CCC(C)c3ccccc32)cc1. The second kappa shape index (κ2) is 5.06. The fourth-order valence-corrected chi connectivity index (χ4v) is 3.41. The molecule has 2 atom stereocenters. The van der Waals surface area contributed by atoms with E-state index >= 15 is 0 Å². The van der Waals surface area contributed by atoms with Crippen molar-refractivity contribution in [3.05, 3.63) is 70.8 Å². The van der Waals surface area contributed by atoms with Gasteiger partial charge in [0.15, 0.2) is 0 Å². The van der Waals surface area contributed by atoms with Gasteiger partial charge in [-0.3, -0.25) is 0 Å². The first-order chi connectivity index (χ1) is 9.65. The van der Waals surface area contributed by atoms with Crippen LogP contribution in [0.4, 0.5) is 0 Å². The Bertz CT molecular complexity index is 599. The van der Waals surface area contributed by atoms with Gasteiger partial charge >= 0.3 is 0 Å². The topological polar surface area (TPSA) is 26.0 Å². The third-order valence-electron chi connectivity index (χ3n) is 4.82. The molecule has 2 N–H and O–H groups in total. The normalized spacial score (nSPS) is 25.2. The van der Waals surface area contributed by atoms with Crippen molar-refractivity contribution < 1.29 is 0 Å². The molecule has 104 valence electrons. The summed E-state index contributed by atoms with van der Waals surface area (Å²) >= 11 is 0. The minimum Gasteiger partial charge on any atom is -0.318 e. The van der Waals surface area contributed by atoms with E-state index in [-0.39, 0.29) is 5.54 Å². The minimum absolute atomic E-state index is 0.324. The van der Waals surface area contributed by atoms with Gasteiger partial charge in [0, 0.05) is 0 Å². The average Bonchev–Trinajstić information content (AvgIpc) is 2.51. The summed E-state index contributed by atoms with van der Waals surface area (Å²) in [6, 6.07) is 17.5. The molecule has 0 spiro atoms. The Kier molecular flexibility index (Phi) is 3.39. The molecule has 0 saturated carbocycles. The van der Waals surface area contributed by atoms with Gasteiger partial charge in [-0.1, -0.05) is 62.4 Å². The highest BCUT2D eigenvalue weighted by Crippen LogP contribution is 2.43. The molecule has 20 heavy (non-hydrogen) atoms. The number of fused-ring (bicyclic) bond motifs is 1. The molecule has 0 aromatic heterocycles. The maximum absolute atomic E-state index is 6.85. The number of hydrogen-bond donors (Lipinski definition) is 1. The number of aryl methyl sites for hydroxylation is 1. The van der Waals surface area contributed by atoms with E-state index in [1.165, 1.54) is 22.3 Å². The zero-order chi connectivity index (χ0) is 14.2. The fourth-order valence-electron chi connectivity index (χ4n) is 3.41. The van der Waals surface area contributed by atoms with Crippen LogP contribution in [0, 0.1) is 0 Å². The summed E-state index contributed by atoms with van der Waals surface area (Å²) in [5.74, 6) is 0.609. The molecule has 0 heterocycles. The molecule has 0 aliphatic heterocycles. The molecule has 1 heteroatoms. The lowest BCUT2D eigenvalue weighted by Gasteiger charge is -2.39. The molecule has 2 aromatic carbocycles. The van der Waals surface area contributed by atoms with E-state index < -0.39 is 0 Å². The largest absolute Gasteiger partial charge is 0.318 e. The summed E-state index contributed by atoms with van der Waals surface area (Å²) in [5, 5.41) is 0. The first kappa shape index (κ1) is 13.4. The summed E-state index contributed by atoms with van der Waals surface area (Å²) in [6.07, 6.45) is 3.26. The Morgan fingerprint density at radius 2 is 1.80 bits per heavy atom. The second-order valence-corrected chi connectivity index (χ2v) is 6.05. The first-order valence-electron chi connectivity index (χ1n) is 7.63. The Balaban J connectivity index is 2.09. The molecule has 1 nitrogen and oxygen atoms in total. The van der Waals surface area contributed by atoms with Crippen LogP contribution >= 0.6 is 0 Å². The lowest BCUT2D eigenvalue weighted by molar-refractivity contribution is 0.412. The number of nitrogens with two attached hydrogens (primary N) is 1. The monoisotopic (exact) mass is 265 g/mol. The lowest BCUT2D eigenvalue weighted by Crippen LogP contribution is -2.41. The smallest absolute Gasteiger partial charge is 0.0668 e. The van der Waals surface area contributed by atoms with E-state index in [9.17, 15) is 0 Å². The molecule has 2 unspecified atom stereocenters. The third-order valence-corrected chi connectivity index (χ3v) is 4.82. The van der Waals surface area contributed by atoms with Crippen LogP contribution < -0.4 is 5.73 Å². The van der Waals surface area contributed by atoms with Crippen LogP contribution in [0.5, 0.6) is 0 Å². The predicted molar refractivity (Wildman–Crippen MR) is 84.9 cm³/mol. The molecule has 2 aromatic rings. The zero-order valence-electron chi connectivity index (χ0n) is 12.4. The van der Waals surface area contributed by atoms with E-state index in [1.807, 2.05) is 0 Å². The third kappa shape index (κ3) is 2.06. The van der Waals surface area contributed by atoms with Crippen LogP contribution in [0.15, 0.2) is 48.5 Å². The van der Waals surface area contributed by atoms with Crippen molar-refractivity contribution in [1.82, 2.24) is 0 Å². The number of hydrogen-bond acceptors (Lipinski definition) is 1. The fraction of sp³-hybridized carbons (Fsp3) is 0.368. The van der Waals surface area contributed by atoms with E-state index in [2.05, 4.69) is 62.4 Å². The highest BCUT2D eigenvalue weighted by molar-refractivity contribution is 5.46. The van der Waals surface area contributed by atoms with Gasteiger partial charge in [-0.2, -0.15) is 0 Å². The van der Waals surface area contributed by atoms with E-state index in [1.54, 1.807) is 0 Å². The van der Waals surface area contributed by atoms with Crippen LogP contribution in [0.1, 0.15) is 54.9 Å². The van der Waals surface area contributed by atoms with Crippen molar-refractivity contribution in [2.75, 3.05) is 0 Å². The Hall–Kier alpha value is -1.60. The summed E-state index contributed by atoms with van der Waals surface area (Å²) in [6.45, 7) is 4.49. The van der Waals surface area contributed by atoms with E-state index in [0.717, 1.165) is 19.3 Å². The summed E-state index contributed by atoms with van der Waals surface area (Å²) in [4.78, 5) is 0. The predicted octanol–water partition coefficient (Wildman–Crippen LogP) is 4.35. The minimum atomic E-state index is -0.324. The molecule has 0 saturated heterocycles. The van der Waals surface area contributed by atoms with Gasteiger partial charge in [-0.15, -0.1) is 0 Å². The molecule has 0 amide bonds. The number of benzene rings is 2. The highest BCUT2D eigenvalue weighted by Gasteiger charge is 2.36. The van der Waals surface area contributed by atoms with Crippen LogP contribution in [-0.2, 0) is 12.0 Å². The van der Waals surface area contributed by atoms with Crippen molar-refractivity contribution in [3.63, 3.8) is 0 Å². The summed E-state index contributed by atoms with van der Waals surface area (Å²) in [7, 11) is 0. The molecular weight excluding hydrogens is 242 g/mol. The molecule has 0 fully saturated rings. The van der Waals surface area contributed by atoms with Crippen LogP contribution in [-0.4, -0.2) is 0 Å². The zero-order valence-corrected chi connectivity index (χ0v) is 12.4. The van der Waals surface area contributed by atoms with Gasteiger partial charge in [-0.05, 0) is 47.4 Å². The van der Waals surface area contributed by atoms with Crippen molar-refractivity contribution in [2.45, 2.75) is 44.6 Å². The highest BCUT2D eigenvalue weighted by atomic mass is 14.8. The van der Waals surface area contributed by atoms with Crippen LogP contribution in [0.2, 0.25) is 0 Å². The maximum Gasteiger partial charge on any atom is 0.0668 e. The van der Waals surface area contributed by atoms with Gasteiger partial charge < -0.3 is 5.73 Å². The molecule has 0 bridgehead atoms. The van der Waals surface area contributed by atoms with Crippen molar-refractivity contribution in [2.24, 2.45) is 5.73 Å². The van der Waals surface area contributed by atoms with Crippen LogP contribution in [0.3, 0.4) is 0 Å². The molecule has 3 rings (SSSR count). The quantitative estimate of drug-likeness (QED) is 0.858. The van der Waals surface area contributed by atoms with Gasteiger partial charge in [0.25, 0.3) is 0 Å². The molecule has 0 radical (unpaired) electrons. The maximum atomic E-state index is 6.85. The summed E-state index contributed by atoms with van der Waals surface area (Å²) in [5.41, 5.74) is 11.9.